The molecule has 0 saturated carbocycles. The molecule has 2 aromatic carbocycles. The molecular weight excluding hydrogens is 382 g/mol. The number of ether oxygens (including phenoxy) is 1. The minimum Gasteiger partial charge on any atom is -0.491 e. The van der Waals surface area contributed by atoms with E-state index >= 15 is 0 Å². The highest BCUT2D eigenvalue weighted by Crippen LogP contribution is 2.39. The summed E-state index contributed by atoms with van der Waals surface area (Å²) in [5.41, 5.74) is 1.44. The number of benzene rings is 2. The van der Waals surface area contributed by atoms with Crippen LogP contribution < -0.4 is 10.1 Å². The number of sulfone groups is 1. The number of hydrogen-bond donors (Lipinski definition) is 1. The predicted octanol–water partition coefficient (Wildman–Crippen LogP) is 5.28. The molecule has 0 unspecified atom stereocenters. The Labute approximate surface area is 175 Å². The molecule has 2 aromatic rings. The van der Waals surface area contributed by atoms with E-state index in [0.29, 0.717) is 10.6 Å². The lowest BCUT2D eigenvalue weighted by Gasteiger charge is -2.35. The molecule has 2 atom stereocenters. The SMILES string of the molecule is CCCC[C@]1(CC)CS(=O)(=O)c2cc(OC(C)C)ccc2[C@@H](c2ccccc2)N1. The van der Waals surface area contributed by atoms with Gasteiger partial charge in [0.1, 0.15) is 5.75 Å². The van der Waals surface area contributed by atoms with E-state index in [2.05, 4.69) is 31.3 Å². The van der Waals surface area contributed by atoms with Crippen molar-refractivity contribution in [3.63, 3.8) is 0 Å². The average Bonchev–Trinajstić information content (AvgIpc) is 2.79. The number of nitrogens with one attached hydrogen (secondary N) is 1. The maximum absolute atomic E-state index is 13.5. The van der Waals surface area contributed by atoms with Gasteiger partial charge in [-0.2, -0.15) is 0 Å². The van der Waals surface area contributed by atoms with Crippen LogP contribution in [0.3, 0.4) is 0 Å². The largest absolute Gasteiger partial charge is 0.491 e. The van der Waals surface area contributed by atoms with Crippen LogP contribution in [0, 0.1) is 0 Å². The van der Waals surface area contributed by atoms with E-state index in [-0.39, 0.29) is 17.9 Å². The van der Waals surface area contributed by atoms with Crippen molar-refractivity contribution in [2.75, 3.05) is 5.75 Å². The molecule has 1 heterocycles. The molecule has 5 heteroatoms. The van der Waals surface area contributed by atoms with Crippen LogP contribution in [0.25, 0.3) is 0 Å². The maximum Gasteiger partial charge on any atom is 0.180 e. The third kappa shape index (κ3) is 4.84. The van der Waals surface area contributed by atoms with Crippen LogP contribution in [-0.4, -0.2) is 25.8 Å². The fourth-order valence-electron chi connectivity index (χ4n) is 4.18. The molecule has 0 aliphatic carbocycles. The summed E-state index contributed by atoms with van der Waals surface area (Å²) in [6, 6.07) is 15.5. The van der Waals surface area contributed by atoms with Crippen molar-refractivity contribution in [3.05, 3.63) is 59.7 Å². The van der Waals surface area contributed by atoms with Crippen LogP contribution in [-0.2, 0) is 9.84 Å². The first-order chi connectivity index (χ1) is 13.8. The summed E-state index contributed by atoms with van der Waals surface area (Å²) in [7, 11) is -3.47. The van der Waals surface area contributed by atoms with Gasteiger partial charge < -0.3 is 4.74 Å². The number of hydrogen-bond acceptors (Lipinski definition) is 4. The second-order valence-electron chi connectivity index (χ2n) is 8.35. The Morgan fingerprint density at radius 1 is 1.14 bits per heavy atom. The van der Waals surface area contributed by atoms with Gasteiger partial charge in [0.2, 0.25) is 0 Å². The van der Waals surface area contributed by atoms with Gasteiger partial charge >= 0.3 is 0 Å². The van der Waals surface area contributed by atoms with Crippen molar-refractivity contribution in [2.45, 2.75) is 76.0 Å². The van der Waals surface area contributed by atoms with Crippen LogP contribution in [0.15, 0.2) is 53.4 Å². The van der Waals surface area contributed by atoms with E-state index in [9.17, 15) is 8.42 Å². The fraction of sp³-hybridized carbons (Fsp3) is 0.500. The van der Waals surface area contributed by atoms with Gasteiger partial charge in [0.15, 0.2) is 9.84 Å². The van der Waals surface area contributed by atoms with Crippen molar-refractivity contribution in [3.8, 4) is 5.75 Å². The van der Waals surface area contributed by atoms with Crippen molar-refractivity contribution in [1.29, 1.82) is 0 Å². The van der Waals surface area contributed by atoms with E-state index in [4.69, 9.17) is 4.74 Å². The number of rotatable bonds is 7. The molecule has 1 aliphatic heterocycles. The number of unbranched alkanes of at least 4 members (excludes halogenated alkanes) is 1. The lowest BCUT2D eigenvalue weighted by Crippen LogP contribution is -2.50. The first-order valence-electron chi connectivity index (χ1n) is 10.7. The highest BCUT2D eigenvalue weighted by molar-refractivity contribution is 7.91. The smallest absolute Gasteiger partial charge is 0.180 e. The second-order valence-corrected chi connectivity index (χ2v) is 10.3. The van der Waals surface area contributed by atoms with Crippen LogP contribution in [0.4, 0.5) is 0 Å². The predicted molar refractivity (Wildman–Crippen MR) is 118 cm³/mol. The zero-order valence-corrected chi connectivity index (χ0v) is 18.8. The molecule has 0 saturated heterocycles. The number of fused-ring (bicyclic) bond motifs is 1. The van der Waals surface area contributed by atoms with Crippen molar-refractivity contribution in [2.24, 2.45) is 0 Å². The fourth-order valence-corrected chi connectivity index (χ4v) is 6.34. The Kier molecular flexibility index (Phi) is 6.69. The van der Waals surface area contributed by atoms with E-state index in [1.807, 2.05) is 44.2 Å². The molecule has 29 heavy (non-hydrogen) atoms. The van der Waals surface area contributed by atoms with Gasteiger partial charge in [-0.05, 0) is 49.9 Å². The molecule has 0 aromatic heterocycles. The Balaban J connectivity index is 2.18. The van der Waals surface area contributed by atoms with Gasteiger partial charge in [0.25, 0.3) is 0 Å². The Bertz CT molecular complexity index is 924. The van der Waals surface area contributed by atoms with Crippen molar-refractivity contribution in [1.82, 2.24) is 5.32 Å². The van der Waals surface area contributed by atoms with E-state index in [1.165, 1.54) is 0 Å². The quantitative estimate of drug-likeness (QED) is 0.668. The third-order valence-electron chi connectivity index (χ3n) is 5.74. The Morgan fingerprint density at radius 3 is 2.48 bits per heavy atom. The molecule has 1 N–H and O–H groups in total. The zero-order valence-electron chi connectivity index (χ0n) is 17.9. The standard InChI is InChI=1S/C24H33NO3S/c1-5-7-15-24(6-2)17-29(26,27)22-16-20(28-18(3)4)13-14-21(22)23(25-24)19-11-9-8-10-12-19/h8-14,16,18,23,25H,5-7,15,17H2,1-4H3/t23-,24-/m1/s1. The Morgan fingerprint density at radius 2 is 1.86 bits per heavy atom. The van der Waals surface area contributed by atoms with Gasteiger partial charge in [-0.3, -0.25) is 5.32 Å². The monoisotopic (exact) mass is 415 g/mol. The summed E-state index contributed by atoms with van der Waals surface area (Å²) in [5.74, 6) is 0.713. The average molecular weight is 416 g/mol. The first-order valence-corrected chi connectivity index (χ1v) is 12.3. The van der Waals surface area contributed by atoms with Crippen LogP contribution in [0.5, 0.6) is 5.75 Å². The molecule has 0 bridgehead atoms. The molecule has 0 amide bonds. The first kappa shape index (κ1) is 21.8. The highest BCUT2D eigenvalue weighted by atomic mass is 32.2. The van der Waals surface area contributed by atoms with Gasteiger partial charge in [0, 0.05) is 5.54 Å². The summed E-state index contributed by atoms with van der Waals surface area (Å²) in [6.07, 6.45) is 3.63. The summed E-state index contributed by atoms with van der Waals surface area (Å²) >= 11 is 0. The molecule has 3 rings (SSSR count). The minimum atomic E-state index is -3.47. The molecule has 1 aliphatic rings. The molecule has 158 valence electrons. The van der Waals surface area contributed by atoms with Gasteiger partial charge in [-0.25, -0.2) is 8.42 Å². The summed E-state index contributed by atoms with van der Waals surface area (Å²) in [6.45, 7) is 8.12. The highest BCUT2D eigenvalue weighted by Gasteiger charge is 2.41. The van der Waals surface area contributed by atoms with Gasteiger partial charge in [0.05, 0.1) is 22.8 Å². The van der Waals surface area contributed by atoms with Crippen molar-refractivity contribution < 1.29 is 13.2 Å². The van der Waals surface area contributed by atoms with E-state index in [1.54, 1.807) is 6.07 Å². The summed E-state index contributed by atoms with van der Waals surface area (Å²) in [5, 5.41) is 3.78. The maximum atomic E-state index is 13.5. The topological polar surface area (TPSA) is 55.4 Å². The molecule has 0 radical (unpaired) electrons. The third-order valence-corrected chi connectivity index (χ3v) is 7.69. The van der Waals surface area contributed by atoms with E-state index in [0.717, 1.165) is 36.8 Å². The minimum absolute atomic E-state index is 0.0103. The summed E-state index contributed by atoms with van der Waals surface area (Å²) in [4.78, 5) is 0.392. The Hall–Kier alpha value is -1.85. The van der Waals surface area contributed by atoms with E-state index < -0.39 is 15.4 Å². The van der Waals surface area contributed by atoms with Gasteiger partial charge in [-0.15, -0.1) is 0 Å². The molecule has 0 spiro atoms. The van der Waals surface area contributed by atoms with Crippen LogP contribution in [0.2, 0.25) is 0 Å². The zero-order chi connectivity index (χ0) is 21.1. The molecular formula is C24H33NO3S. The van der Waals surface area contributed by atoms with Crippen LogP contribution >= 0.6 is 0 Å². The normalized spacial score (nSPS) is 23.4. The lowest BCUT2D eigenvalue weighted by atomic mass is 9.88. The summed E-state index contributed by atoms with van der Waals surface area (Å²) < 4.78 is 32.9. The molecule has 0 fully saturated rings. The molecule has 4 nitrogen and oxygen atoms in total. The second kappa shape index (κ2) is 8.88. The van der Waals surface area contributed by atoms with Crippen LogP contribution in [0.1, 0.15) is 70.5 Å². The lowest BCUT2D eigenvalue weighted by molar-refractivity contribution is 0.241. The van der Waals surface area contributed by atoms with Crippen molar-refractivity contribution >= 4 is 9.84 Å². The van der Waals surface area contributed by atoms with Gasteiger partial charge in [-0.1, -0.05) is 63.1 Å².